The molecule has 0 aromatic heterocycles. The Labute approximate surface area is 202 Å². The standard InChI is InChI=1S/C26H38N2O6/c1-7-33-24(30)23(34-26(4,5)6)22-17(3)20-15-28(25(31)32)14-19(20)16(2)18(22)13-21(29)27-11-9-8-10-12-27/h23H,7-15H2,1-6H3,(H,31,32)/t23-/m0/s1. The minimum atomic E-state index is -1.01. The number of carbonyl (C=O) groups is 3. The summed E-state index contributed by atoms with van der Waals surface area (Å²) in [5.41, 5.74) is 4.21. The minimum Gasteiger partial charge on any atom is -0.465 e. The van der Waals surface area contributed by atoms with Crippen LogP contribution < -0.4 is 0 Å². The van der Waals surface area contributed by atoms with Gasteiger partial charge in [0.2, 0.25) is 5.91 Å². The number of fused-ring (bicyclic) bond motifs is 1. The van der Waals surface area contributed by atoms with Crippen LogP contribution in [0, 0.1) is 13.8 Å². The molecule has 1 fully saturated rings. The molecule has 0 bridgehead atoms. The van der Waals surface area contributed by atoms with Gasteiger partial charge in [0.1, 0.15) is 0 Å². The molecule has 1 N–H and O–H groups in total. The first-order chi connectivity index (χ1) is 15.9. The molecule has 8 nitrogen and oxygen atoms in total. The summed E-state index contributed by atoms with van der Waals surface area (Å²) in [5, 5.41) is 9.61. The smallest absolute Gasteiger partial charge is 0.407 e. The molecular formula is C26H38N2O6. The molecule has 1 saturated heterocycles. The van der Waals surface area contributed by atoms with Crippen LogP contribution in [0.2, 0.25) is 0 Å². The normalized spacial score (nSPS) is 16.9. The summed E-state index contributed by atoms with van der Waals surface area (Å²) >= 11 is 0. The van der Waals surface area contributed by atoms with E-state index in [9.17, 15) is 19.5 Å². The highest BCUT2D eigenvalue weighted by molar-refractivity contribution is 5.83. The van der Waals surface area contributed by atoms with Gasteiger partial charge in [0.25, 0.3) is 0 Å². The topological polar surface area (TPSA) is 96.4 Å². The predicted molar refractivity (Wildman–Crippen MR) is 128 cm³/mol. The van der Waals surface area contributed by atoms with E-state index in [1.165, 1.54) is 4.90 Å². The lowest BCUT2D eigenvalue weighted by molar-refractivity contribution is -0.167. The van der Waals surface area contributed by atoms with Crippen LogP contribution >= 0.6 is 0 Å². The van der Waals surface area contributed by atoms with Crippen molar-refractivity contribution in [3.63, 3.8) is 0 Å². The van der Waals surface area contributed by atoms with Crippen LogP contribution in [0.3, 0.4) is 0 Å². The third kappa shape index (κ3) is 5.54. The number of ether oxygens (including phenoxy) is 2. The number of rotatable bonds is 6. The maximum absolute atomic E-state index is 13.3. The zero-order chi connectivity index (χ0) is 25.2. The molecule has 1 aromatic carbocycles. The predicted octanol–water partition coefficient (Wildman–Crippen LogP) is 4.27. The Hall–Kier alpha value is -2.61. The number of carboxylic acid groups (broad SMARTS) is 1. The van der Waals surface area contributed by atoms with Gasteiger partial charge < -0.3 is 19.5 Å². The zero-order valence-electron chi connectivity index (χ0n) is 21.3. The molecule has 34 heavy (non-hydrogen) atoms. The van der Waals surface area contributed by atoms with Crippen molar-refractivity contribution in [2.24, 2.45) is 0 Å². The highest BCUT2D eigenvalue weighted by Gasteiger charge is 2.37. The van der Waals surface area contributed by atoms with Crippen LogP contribution in [-0.2, 0) is 38.6 Å². The molecule has 8 heteroatoms. The zero-order valence-corrected chi connectivity index (χ0v) is 21.3. The summed E-state index contributed by atoms with van der Waals surface area (Å²) in [5.74, 6) is -0.477. The van der Waals surface area contributed by atoms with E-state index in [-0.39, 0.29) is 32.0 Å². The van der Waals surface area contributed by atoms with Gasteiger partial charge in [-0.05, 0) is 94.2 Å². The monoisotopic (exact) mass is 474 g/mol. The summed E-state index contributed by atoms with van der Waals surface area (Å²) in [6.45, 7) is 13.4. The second-order valence-corrected chi connectivity index (χ2v) is 10.2. The summed E-state index contributed by atoms with van der Waals surface area (Å²) in [4.78, 5) is 41.4. The van der Waals surface area contributed by atoms with Gasteiger partial charge >= 0.3 is 12.1 Å². The summed E-state index contributed by atoms with van der Waals surface area (Å²) in [6.07, 6.45) is 1.26. The van der Waals surface area contributed by atoms with Crippen LogP contribution in [-0.4, -0.2) is 58.2 Å². The largest absolute Gasteiger partial charge is 0.465 e. The fourth-order valence-electron chi connectivity index (χ4n) is 5.01. The second-order valence-electron chi connectivity index (χ2n) is 10.2. The highest BCUT2D eigenvalue weighted by Crippen LogP contribution is 2.40. The van der Waals surface area contributed by atoms with Crippen molar-refractivity contribution in [3.8, 4) is 0 Å². The number of hydrogen-bond donors (Lipinski definition) is 1. The third-order valence-electron chi connectivity index (χ3n) is 6.69. The number of piperidine rings is 1. The van der Waals surface area contributed by atoms with Crippen molar-refractivity contribution in [2.75, 3.05) is 19.7 Å². The van der Waals surface area contributed by atoms with Crippen LogP contribution in [0.4, 0.5) is 4.79 Å². The van der Waals surface area contributed by atoms with E-state index >= 15 is 0 Å². The fraction of sp³-hybridized carbons (Fsp3) is 0.654. The highest BCUT2D eigenvalue weighted by atomic mass is 16.6. The molecule has 1 aromatic rings. The first-order valence-electron chi connectivity index (χ1n) is 12.2. The van der Waals surface area contributed by atoms with Crippen LogP contribution in [0.25, 0.3) is 0 Å². The summed E-state index contributed by atoms with van der Waals surface area (Å²) in [7, 11) is 0. The van der Waals surface area contributed by atoms with Crippen molar-refractivity contribution in [1.82, 2.24) is 9.80 Å². The van der Waals surface area contributed by atoms with E-state index in [4.69, 9.17) is 9.47 Å². The molecule has 1 atom stereocenters. The lowest BCUT2D eigenvalue weighted by Crippen LogP contribution is -2.37. The van der Waals surface area contributed by atoms with E-state index in [2.05, 4.69) is 0 Å². The Morgan fingerprint density at radius 3 is 2.09 bits per heavy atom. The van der Waals surface area contributed by atoms with Gasteiger partial charge in [-0.25, -0.2) is 9.59 Å². The van der Waals surface area contributed by atoms with Crippen LogP contribution in [0.15, 0.2) is 0 Å². The Kier molecular flexibility index (Phi) is 7.91. The van der Waals surface area contributed by atoms with E-state index in [1.54, 1.807) is 6.92 Å². The molecule has 0 saturated carbocycles. The first kappa shape index (κ1) is 26.0. The van der Waals surface area contributed by atoms with Gasteiger partial charge in [-0.15, -0.1) is 0 Å². The molecule has 0 unspecified atom stereocenters. The minimum absolute atomic E-state index is 0.0230. The summed E-state index contributed by atoms with van der Waals surface area (Å²) in [6, 6.07) is 0. The maximum Gasteiger partial charge on any atom is 0.407 e. The van der Waals surface area contributed by atoms with Crippen molar-refractivity contribution < 1.29 is 29.0 Å². The lowest BCUT2D eigenvalue weighted by atomic mass is 9.84. The molecule has 2 aliphatic heterocycles. The first-order valence-corrected chi connectivity index (χ1v) is 12.2. The Balaban J connectivity index is 2.16. The van der Waals surface area contributed by atoms with Gasteiger partial charge in [0, 0.05) is 26.2 Å². The number of likely N-dealkylation sites (tertiary alicyclic amines) is 1. The molecular weight excluding hydrogens is 436 g/mol. The summed E-state index contributed by atoms with van der Waals surface area (Å²) < 4.78 is 11.6. The molecule has 2 amide bonds. The Morgan fingerprint density at radius 1 is 0.971 bits per heavy atom. The second kappa shape index (κ2) is 10.3. The molecule has 2 aliphatic rings. The number of benzene rings is 1. The average molecular weight is 475 g/mol. The number of nitrogens with zero attached hydrogens (tertiary/aromatic N) is 2. The Bertz CT molecular complexity index is 959. The lowest BCUT2D eigenvalue weighted by Gasteiger charge is -2.32. The van der Waals surface area contributed by atoms with Gasteiger partial charge in [-0.3, -0.25) is 9.69 Å². The van der Waals surface area contributed by atoms with E-state index < -0.39 is 23.8 Å². The molecule has 3 rings (SSSR count). The van der Waals surface area contributed by atoms with Gasteiger partial charge in [-0.2, -0.15) is 0 Å². The van der Waals surface area contributed by atoms with Crippen molar-refractivity contribution >= 4 is 18.0 Å². The van der Waals surface area contributed by atoms with Gasteiger partial charge in [0.15, 0.2) is 6.10 Å². The van der Waals surface area contributed by atoms with E-state index in [1.807, 2.05) is 39.5 Å². The van der Waals surface area contributed by atoms with E-state index in [0.29, 0.717) is 5.56 Å². The van der Waals surface area contributed by atoms with E-state index in [0.717, 1.165) is 60.2 Å². The van der Waals surface area contributed by atoms with Crippen molar-refractivity contribution in [3.05, 3.63) is 33.4 Å². The van der Waals surface area contributed by atoms with Crippen LogP contribution in [0.1, 0.15) is 86.4 Å². The van der Waals surface area contributed by atoms with Crippen LogP contribution in [0.5, 0.6) is 0 Å². The number of carbonyl (C=O) groups excluding carboxylic acids is 2. The SMILES string of the molecule is CCOC(=O)[C@@H](OC(C)(C)C)c1c(C)c2c(c(C)c1CC(=O)N1CCCCC1)CN(C(=O)O)C2. The number of hydrogen-bond acceptors (Lipinski definition) is 5. The van der Waals surface area contributed by atoms with Crippen molar-refractivity contribution in [1.29, 1.82) is 0 Å². The molecule has 188 valence electrons. The quantitative estimate of drug-likeness (QED) is 0.619. The molecule has 0 radical (unpaired) electrons. The maximum atomic E-state index is 13.3. The fourth-order valence-corrected chi connectivity index (χ4v) is 5.01. The van der Waals surface area contributed by atoms with Crippen molar-refractivity contribution in [2.45, 2.75) is 92.0 Å². The number of amides is 2. The molecule has 0 spiro atoms. The Morgan fingerprint density at radius 2 is 1.56 bits per heavy atom. The number of esters is 1. The average Bonchev–Trinajstić information content (AvgIpc) is 3.23. The van der Waals surface area contributed by atoms with Gasteiger partial charge in [0.05, 0.1) is 18.6 Å². The molecule has 2 heterocycles. The third-order valence-corrected chi connectivity index (χ3v) is 6.69. The van der Waals surface area contributed by atoms with Gasteiger partial charge in [-0.1, -0.05) is 0 Å². The molecule has 0 aliphatic carbocycles.